The molecule has 1 saturated heterocycles. The lowest BCUT2D eigenvalue weighted by atomic mass is 9.90. The van der Waals surface area contributed by atoms with Gasteiger partial charge in [-0.25, -0.2) is 0 Å². The lowest BCUT2D eigenvalue weighted by molar-refractivity contribution is -0.147. The summed E-state index contributed by atoms with van der Waals surface area (Å²) in [5.74, 6) is -1.50. The normalized spacial score (nSPS) is 20.7. The lowest BCUT2D eigenvalue weighted by Gasteiger charge is -2.20. The Labute approximate surface area is 136 Å². The van der Waals surface area contributed by atoms with Gasteiger partial charge in [-0.3, -0.25) is 14.4 Å². The van der Waals surface area contributed by atoms with Crippen molar-refractivity contribution in [2.24, 2.45) is 5.41 Å². The first kappa shape index (κ1) is 16.5. The number of carbonyl (C=O) groups is 3. The van der Waals surface area contributed by atoms with Gasteiger partial charge < -0.3 is 15.3 Å². The number of hydrogen-bond donors (Lipinski definition) is 2. The van der Waals surface area contributed by atoms with Crippen molar-refractivity contribution in [1.82, 2.24) is 10.2 Å². The number of hydrogen-bond acceptors (Lipinski definition) is 3. The van der Waals surface area contributed by atoms with Crippen molar-refractivity contribution in [3.63, 3.8) is 0 Å². The van der Waals surface area contributed by atoms with Gasteiger partial charge in [0.05, 0.1) is 12.0 Å². The van der Waals surface area contributed by atoms with E-state index in [4.69, 9.17) is 5.11 Å². The number of aliphatic carboxylic acids is 1. The molecule has 1 heterocycles. The molecule has 2 N–H and O–H groups in total. The molecule has 1 aromatic carbocycles. The van der Waals surface area contributed by atoms with Gasteiger partial charge in [-0.05, 0) is 37.6 Å². The molecule has 0 aromatic heterocycles. The molecular weight excluding hydrogens is 352 g/mol. The van der Waals surface area contributed by atoms with E-state index in [0.717, 1.165) is 4.47 Å². The summed E-state index contributed by atoms with van der Waals surface area (Å²) >= 11 is 3.28. The highest BCUT2D eigenvalue weighted by atomic mass is 79.9. The average Bonchev–Trinajstić information content (AvgIpc) is 2.89. The highest BCUT2D eigenvalue weighted by Gasteiger charge is 2.41. The second kappa shape index (κ2) is 6.48. The van der Waals surface area contributed by atoms with Crippen LogP contribution in [0.25, 0.3) is 0 Å². The zero-order chi connectivity index (χ0) is 16.3. The molecule has 0 spiro atoms. The van der Waals surface area contributed by atoms with Crippen molar-refractivity contribution in [3.8, 4) is 0 Å². The average molecular weight is 369 g/mol. The Morgan fingerprint density at radius 1 is 1.32 bits per heavy atom. The fourth-order valence-electron chi connectivity index (χ4n) is 2.32. The zero-order valence-electron chi connectivity index (χ0n) is 12.1. The van der Waals surface area contributed by atoms with Crippen LogP contribution in [0.1, 0.15) is 23.7 Å². The van der Waals surface area contributed by atoms with E-state index >= 15 is 0 Å². The van der Waals surface area contributed by atoms with Crippen LogP contribution >= 0.6 is 15.9 Å². The van der Waals surface area contributed by atoms with E-state index in [1.807, 2.05) is 0 Å². The predicted molar refractivity (Wildman–Crippen MR) is 83.4 cm³/mol. The molecule has 1 atom stereocenters. The van der Waals surface area contributed by atoms with E-state index in [-0.39, 0.29) is 24.9 Å². The fourth-order valence-corrected chi connectivity index (χ4v) is 2.58. The monoisotopic (exact) mass is 368 g/mol. The fraction of sp³-hybridized carbons (Fsp3) is 0.400. The highest BCUT2D eigenvalue weighted by Crippen LogP contribution is 2.29. The maximum absolute atomic E-state index is 12.1. The van der Waals surface area contributed by atoms with Gasteiger partial charge in [0.25, 0.3) is 5.91 Å². The van der Waals surface area contributed by atoms with Gasteiger partial charge in [-0.2, -0.15) is 0 Å². The minimum atomic E-state index is -0.901. The first-order chi connectivity index (χ1) is 10.3. The van der Waals surface area contributed by atoms with E-state index in [0.29, 0.717) is 18.5 Å². The molecule has 2 amide bonds. The SMILES string of the molecule is CC1(C(=O)O)CCN(C(=O)CNC(=O)c2ccc(Br)cc2)C1. The third-order valence-electron chi connectivity index (χ3n) is 3.85. The molecule has 0 bridgehead atoms. The molecule has 6 nitrogen and oxygen atoms in total. The number of carbonyl (C=O) groups excluding carboxylic acids is 2. The molecular formula is C15H17BrN2O4. The summed E-state index contributed by atoms with van der Waals surface area (Å²) in [5, 5.41) is 11.7. The Bertz CT molecular complexity index is 602. The van der Waals surface area contributed by atoms with Crippen molar-refractivity contribution in [2.45, 2.75) is 13.3 Å². The summed E-state index contributed by atoms with van der Waals surface area (Å²) in [4.78, 5) is 36.6. The van der Waals surface area contributed by atoms with E-state index in [1.165, 1.54) is 4.90 Å². The van der Waals surface area contributed by atoms with Gasteiger partial charge in [0.2, 0.25) is 5.91 Å². The number of halogens is 1. The molecule has 1 aliphatic heterocycles. The Balaban J connectivity index is 1.87. The third-order valence-corrected chi connectivity index (χ3v) is 4.38. The molecule has 1 fully saturated rings. The summed E-state index contributed by atoms with van der Waals surface area (Å²) in [7, 11) is 0. The molecule has 1 aromatic rings. The number of benzene rings is 1. The second-order valence-corrected chi connectivity index (χ2v) is 6.54. The Hall–Kier alpha value is -1.89. The summed E-state index contributed by atoms with van der Waals surface area (Å²) in [6, 6.07) is 6.80. The molecule has 0 radical (unpaired) electrons. The summed E-state index contributed by atoms with van der Waals surface area (Å²) in [6.45, 7) is 2.07. The molecule has 7 heteroatoms. The Morgan fingerprint density at radius 2 is 1.95 bits per heavy atom. The Kier molecular flexibility index (Phi) is 4.85. The van der Waals surface area contributed by atoms with Gasteiger partial charge in [-0.15, -0.1) is 0 Å². The summed E-state index contributed by atoms with van der Waals surface area (Å²) < 4.78 is 0.866. The van der Waals surface area contributed by atoms with Gasteiger partial charge in [0.15, 0.2) is 0 Å². The van der Waals surface area contributed by atoms with Gasteiger partial charge in [0.1, 0.15) is 0 Å². The second-order valence-electron chi connectivity index (χ2n) is 5.62. The summed E-state index contributed by atoms with van der Waals surface area (Å²) in [5.41, 5.74) is -0.432. The zero-order valence-corrected chi connectivity index (χ0v) is 13.7. The number of carboxylic acids is 1. The molecule has 1 unspecified atom stereocenters. The topological polar surface area (TPSA) is 86.7 Å². The van der Waals surface area contributed by atoms with Crippen LogP contribution in [0.5, 0.6) is 0 Å². The van der Waals surface area contributed by atoms with E-state index in [1.54, 1.807) is 31.2 Å². The number of carboxylic acid groups (broad SMARTS) is 1. The van der Waals surface area contributed by atoms with Crippen molar-refractivity contribution in [2.75, 3.05) is 19.6 Å². The maximum Gasteiger partial charge on any atom is 0.311 e. The first-order valence-electron chi connectivity index (χ1n) is 6.87. The van der Waals surface area contributed by atoms with Crippen LogP contribution in [0.4, 0.5) is 0 Å². The minimum Gasteiger partial charge on any atom is -0.481 e. The van der Waals surface area contributed by atoms with Crippen LogP contribution in [-0.4, -0.2) is 47.4 Å². The number of likely N-dealkylation sites (tertiary alicyclic amines) is 1. The third kappa shape index (κ3) is 3.65. The molecule has 22 heavy (non-hydrogen) atoms. The van der Waals surface area contributed by atoms with Gasteiger partial charge in [-0.1, -0.05) is 15.9 Å². The van der Waals surface area contributed by atoms with Crippen molar-refractivity contribution in [3.05, 3.63) is 34.3 Å². The van der Waals surface area contributed by atoms with Crippen molar-refractivity contribution in [1.29, 1.82) is 0 Å². The number of rotatable bonds is 4. The molecule has 1 aliphatic rings. The lowest BCUT2D eigenvalue weighted by Crippen LogP contribution is -2.41. The predicted octanol–water partition coefficient (Wildman–Crippen LogP) is 1.50. The van der Waals surface area contributed by atoms with Crippen LogP contribution in [0.3, 0.4) is 0 Å². The Morgan fingerprint density at radius 3 is 2.50 bits per heavy atom. The minimum absolute atomic E-state index is 0.134. The molecule has 0 aliphatic carbocycles. The van der Waals surface area contributed by atoms with Crippen LogP contribution in [0, 0.1) is 5.41 Å². The van der Waals surface area contributed by atoms with Crippen LogP contribution in [0.2, 0.25) is 0 Å². The first-order valence-corrected chi connectivity index (χ1v) is 7.66. The van der Waals surface area contributed by atoms with Crippen LogP contribution < -0.4 is 5.32 Å². The van der Waals surface area contributed by atoms with E-state index in [2.05, 4.69) is 21.2 Å². The van der Waals surface area contributed by atoms with Gasteiger partial charge >= 0.3 is 5.97 Å². The van der Waals surface area contributed by atoms with Crippen LogP contribution in [0.15, 0.2) is 28.7 Å². The van der Waals surface area contributed by atoms with Crippen molar-refractivity contribution >= 4 is 33.7 Å². The molecule has 118 valence electrons. The highest BCUT2D eigenvalue weighted by molar-refractivity contribution is 9.10. The number of nitrogens with zero attached hydrogens (tertiary/aromatic N) is 1. The summed E-state index contributed by atoms with van der Waals surface area (Å²) in [6.07, 6.45) is 0.425. The number of amides is 2. The van der Waals surface area contributed by atoms with E-state index < -0.39 is 11.4 Å². The van der Waals surface area contributed by atoms with Crippen LogP contribution in [-0.2, 0) is 9.59 Å². The number of nitrogens with one attached hydrogen (secondary N) is 1. The standard InChI is InChI=1S/C15H17BrN2O4/c1-15(14(21)22)6-7-18(9-15)12(19)8-17-13(20)10-2-4-11(16)5-3-10/h2-5H,6-9H2,1H3,(H,17,20)(H,21,22). The van der Waals surface area contributed by atoms with Crippen molar-refractivity contribution < 1.29 is 19.5 Å². The quantitative estimate of drug-likeness (QED) is 0.842. The maximum atomic E-state index is 12.1. The van der Waals surface area contributed by atoms with E-state index in [9.17, 15) is 14.4 Å². The van der Waals surface area contributed by atoms with Gasteiger partial charge in [0, 0.05) is 23.1 Å². The largest absolute Gasteiger partial charge is 0.481 e. The molecule has 2 rings (SSSR count). The molecule has 0 saturated carbocycles. The smallest absolute Gasteiger partial charge is 0.311 e.